The van der Waals surface area contributed by atoms with Gasteiger partial charge in [0.1, 0.15) is 17.2 Å². The molecule has 3 N–H and O–H groups in total. The molecule has 1 rings (SSSR count). The van der Waals surface area contributed by atoms with Crippen molar-refractivity contribution in [2.45, 2.75) is 0 Å². The quantitative estimate of drug-likeness (QED) is 0.836. The molecule has 1 amide bonds. The van der Waals surface area contributed by atoms with Crippen molar-refractivity contribution in [2.75, 3.05) is 13.1 Å². The molecular weight excluding hydrogens is 294 g/mol. The number of halogens is 3. The number of nitrogens with two attached hydrogens (primary N) is 1. The lowest BCUT2D eigenvalue weighted by Crippen LogP contribution is -2.25. The molecule has 0 atom stereocenters. The first-order valence-electron chi connectivity index (χ1n) is 4.84. The average molecular weight is 305 g/mol. The Balaban J connectivity index is 2.79. The molecule has 0 aliphatic heterocycles. The highest BCUT2D eigenvalue weighted by Crippen LogP contribution is 2.19. The molecule has 17 heavy (non-hydrogen) atoms. The minimum Gasteiger partial charge on any atom is -0.348 e. The second-order valence-electron chi connectivity index (χ2n) is 3.16. The van der Waals surface area contributed by atoms with E-state index in [0.29, 0.717) is 6.54 Å². The molecule has 0 saturated carbocycles. The molecule has 0 bridgehead atoms. The smallest absolute Gasteiger partial charge is 0.257 e. The zero-order chi connectivity index (χ0) is 12.8. The molecule has 6 heteroatoms. The largest absolute Gasteiger partial charge is 0.348 e. The maximum absolute atomic E-state index is 13.4. The minimum atomic E-state index is -0.905. The van der Waals surface area contributed by atoms with E-state index in [1.54, 1.807) is 12.2 Å². The van der Waals surface area contributed by atoms with Gasteiger partial charge in [0.2, 0.25) is 0 Å². The molecule has 0 aromatic heterocycles. The molecular formula is C11H11BrF2N2O. The minimum absolute atomic E-state index is 0.172. The summed E-state index contributed by atoms with van der Waals surface area (Å²) in [4.78, 5) is 11.5. The molecule has 0 aliphatic rings. The van der Waals surface area contributed by atoms with E-state index in [0.717, 1.165) is 12.1 Å². The third-order valence-corrected chi connectivity index (χ3v) is 2.37. The Morgan fingerprint density at radius 2 is 1.94 bits per heavy atom. The Labute approximate surface area is 106 Å². The topological polar surface area (TPSA) is 55.1 Å². The summed E-state index contributed by atoms with van der Waals surface area (Å²) in [5.41, 5.74) is 4.61. The molecule has 3 nitrogen and oxygen atoms in total. The van der Waals surface area contributed by atoms with Gasteiger partial charge in [-0.1, -0.05) is 28.1 Å². The van der Waals surface area contributed by atoms with Crippen molar-refractivity contribution in [2.24, 2.45) is 5.73 Å². The summed E-state index contributed by atoms with van der Waals surface area (Å²) < 4.78 is 27.0. The van der Waals surface area contributed by atoms with Crippen molar-refractivity contribution in [3.05, 3.63) is 46.0 Å². The second kappa shape index (κ2) is 6.46. The first kappa shape index (κ1) is 13.8. The fourth-order valence-corrected chi connectivity index (χ4v) is 1.58. The highest BCUT2D eigenvalue weighted by atomic mass is 79.9. The van der Waals surface area contributed by atoms with Gasteiger partial charge in [0.25, 0.3) is 5.91 Å². The van der Waals surface area contributed by atoms with Gasteiger partial charge in [0.05, 0.1) is 0 Å². The highest BCUT2D eigenvalue weighted by molar-refractivity contribution is 9.10. The number of rotatable bonds is 4. The highest BCUT2D eigenvalue weighted by Gasteiger charge is 2.17. The zero-order valence-corrected chi connectivity index (χ0v) is 10.4. The van der Waals surface area contributed by atoms with Crippen LogP contribution in [-0.4, -0.2) is 19.0 Å². The number of carbonyl (C=O) groups excluding carboxylic acids is 1. The van der Waals surface area contributed by atoms with Crippen LogP contribution >= 0.6 is 15.9 Å². The second-order valence-corrected chi connectivity index (χ2v) is 4.08. The van der Waals surface area contributed by atoms with Crippen molar-refractivity contribution in [3.63, 3.8) is 0 Å². The lowest BCUT2D eigenvalue weighted by atomic mass is 10.2. The van der Waals surface area contributed by atoms with Crippen LogP contribution in [0.2, 0.25) is 0 Å². The zero-order valence-electron chi connectivity index (χ0n) is 8.84. The van der Waals surface area contributed by atoms with Crippen LogP contribution in [0.1, 0.15) is 10.4 Å². The first-order valence-corrected chi connectivity index (χ1v) is 5.63. The van der Waals surface area contributed by atoms with Crippen LogP contribution in [0, 0.1) is 11.6 Å². The van der Waals surface area contributed by atoms with Gasteiger partial charge in [0, 0.05) is 17.6 Å². The van der Waals surface area contributed by atoms with E-state index < -0.39 is 23.1 Å². The summed E-state index contributed by atoms with van der Waals surface area (Å²) >= 11 is 2.93. The van der Waals surface area contributed by atoms with Crippen LogP contribution < -0.4 is 11.1 Å². The standard InChI is InChI=1S/C11H11BrF2N2O/c12-7-5-8(13)10(9(14)6-7)11(17)16-4-2-1-3-15/h1-2,5-6H,3-4,15H2,(H,16,17)/b2-1+. The van der Waals surface area contributed by atoms with Crippen molar-refractivity contribution in [1.29, 1.82) is 0 Å². The predicted molar refractivity (Wildman–Crippen MR) is 64.6 cm³/mol. The summed E-state index contributed by atoms with van der Waals surface area (Å²) in [7, 11) is 0. The Kier molecular flexibility index (Phi) is 5.24. The number of hydrogen-bond donors (Lipinski definition) is 2. The van der Waals surface area contributed by atoms with Crippen molar-refractivity contribution < 1.29 is 13.6 Å². The van der Waals surface area contributed by atoms with Gasteiger partial charge < -0.3 is 11.1 Å². The van der Waals surface area contributed by atoms with Gasteiger partial charge >= 0.3 is 0 Å². The van der Waals surface area contributed by atoms with E-state index in [1.807, 2.05) is 0 Å². The Morgan fingerprint density at radius 1 is 1.35 bits per heavy atom. The van der Waals surface area contributed by atoms with Crippen LogP contribution in [0.15, 0.2) is 28.8 Å². The van der Waals surface area contributed by atoms with Crippen LogP contribution in [0.5, 0.6) is 0 Å². The summed E-state index contributed by atoms with van der Waals surface area (Å²) in [5.74, 6) is -2.61. The molecule has 0 heterocycles. The summed E-state index contributed by atoms with van der Waals surface area (Å²) in [6, 6.07) is 2.07. The third-order valence-electron chi connectivity index (χ3n) is 1.92. The molecule has 1 aromatic rings. The number of carbonyl (C=O) groups is 1. The van der Waals surface area contributed by atoms with Crippen LogP contribution in [-0.2, 0) is 0 Å². The Hall–Kier alpha value is -1.27. The summed E-state index contributed by atoms with van der Waals surface area (Å²) in [6.45, 7) is 0.516. The molecule has 0 spiro atoms. The summed E-state index contributed by atoms with van der Waals surface area (Å²) in [6.07, 6.45) is 3.24. The Bertz CT molecular complexity index is 426. The first-order chi connectivity index (χ1) is 8.06. The Morgan fingerprint density at radius 3 is 2.47 bits per heavy atom. The molecule has 0 fully saturated rings. The molecule has 0 radical (unpaired) electrons. The van der Waals surface area contributed by atoms with E-state index in [-0.39, 0.29) is 11.0 Å². The van der Waals surface area contributed by atoms with E-state index in [2.05, 4.69) is 21.2 Å². The lowest BCUT2D eigenvalue weighted by molar-refractivity contribution is 0.0949. The molecule has 0 unspecified atom stereocenters. The van der Waals surface area contributed by atoms with Gasteiger partial charge in [0.15, 0.2) is 0 Å². The van der Waals surface area contributed by atoms with Gasteiger partial charge in [-0.05, 0) is 12.1 Å². The summed E-state index contributed by atoms with van der Waals surface area (Å²) in [5, 5.41) is 2.36. The van der Waals surface area contributed by atoms with Gasteiger partial charge in [-0.15, -0.1) is 0 Å². The van der Waals surface area contributed by atoms with Crippen LogP contribution in [0.4, 0.5) is 8.78 Å². The number of nitrogens with one attached hydrogen (secondary N) is 1. The SMILES string of the molecule is NC/C=C/CNC(=O)c1c(F)cc(Br)cc1F. The van der Waals surface area contributed by atoms with E-state index in [4.69, 9.17) is 5.73 Å². The van der Waals surface area contributed by atoms with Crippen LogP contribution in [0.3, 0.4) is 0 Å². The van der Waals surface area contributed by atoms with Gasteiger partial charge in [-0.25, -0.2) is 8.78 Å². The average Bonchev–Trinajstić information content (AvgIpc) is 2.23. The number of hydrogen-bond acceptors (Lipinski definition) is 2. The lowest BCUT2D eigenvalue weighted by Gasteiger charge is -2.05. The van der Waals surface area contributed by atoms with Crippen molar-refractivity contribution >= 4 is 21.8 Å². The van der Waals surface area contributed by atoms with Gasteiger partial charge in [-0.2, -0.15) is 0 Å². The normalized spacial score (nSPS) is 10.8. The van der Waals surface area contributed by atoms with Gasteiger partial charge in [-0.3, -0.25) is 4.79 Å². The van der Waals surface area contributed by atoms with E-state index in [9.17, 15) is 13.6 Å². The fourth-order valence-electron chi connectivity index (χ4n) is 1.18. The monoisotopic (exact) mass is 304 g/mol. The van der Waals surface area contributed by atoms with E-state index >= 15 is 0 Å². The third kappa shape index (κ3) is 3.90. The molecule has 0 aliphatic carbocycles. The van der Waals surface area contributed by atoms with Crippen molar-refractivity contribution in [1.82, 2.24) is 5.32 Å². The molecule has 92 valence electrons. The predicted octanol–water partition coefficient (Wildman–Crippen LogP) is 1.97. The van der Waals surface area contributed by atoms with Crippen molar-refractivity contribution in [3.8, 4) is 0 Å². The van der Waals surface area contributed by atoms with E-state index in [1.165, 1.54) is 0 Å². The molecule has 1 aromatic carbocycles. The molecule has 0 saturated heterocycles. The fraction of sp³-hybridized carbons (Fsp3) is 0.182. The number of amides is 1. The van der Waals surface area contributed by atoms with Crippen LogP contribution in [0.25, 0.3) is 0 Å². The maximum Gasteiger partial charge on any atom is 0.257 e. The number of benzene rings is 1. The maximum atomic E-state index is 13.4.